The number of ketones is 1. The Labute approximate surface area is 375 Å². The SMILES string of the molecule is CC(=O)O[C@@]12CO[C@@H]1C[C@H](O)[C@@]1(C)C(=O)[C@H](OC(=O)NCCN)C3=C(C)[C@@H](OC(=O)[C@H](O)C(NC(=O)c4ccccc4)c4ccccc4)C[C@@](O)([C@@H](OC(=O)c4ccccc4)C12)C3(C)C. The van der Waals surface area contributed by atoms with Gasteiger partial charge in [-0.2, -0.15) is 0 Å². The normalized spacial score (nSPS) is 30.9. The molecule has 3 aromatic carbocycles. The van der Waals surface area contributed by atoms with Crippen LogP contribution in [0, 0.1) is 16.7 Å². The zero-order valence-corrected chi connectivity index (χ0v) is 36.7. The summed E-state index contributed by atoms with van der Waals surface area (Å²) in [5.41, 5.74) is -1.67. The molecule has 3 fully saturated rings. The van der Waals surface area contributed by atoms with Crippen molar-refractivity contribution in [2.24, 2.45) is 22.5 Å². The molecule has 17 nitrogen and oxygen atoms in total. The van der Waals surface area contributed by atoms with E-state index >= 15 is 4.79 Å². The number of nitrogens with one attached hydrogen (secondary N) is 2. The van der Waals surface area contributed by atoms with Gasteiger partial charge in [0.1, 0.15) is 23.9 Å². The van der Waals surface area contributed by atoms with Gasteiger partial charge in [-0.1, -0.05) is 80.6 Å². The van der Waals surface area contributed by atoms with Gasteiger partial charge < -0.3 is 55.4 Å². The molecule has 346 valence electrons. The summed E-state index contributed by atoms with van der Waals surface area (Å²) in [6, 6.07) is 22.8. The van der Waals surface area contributed by atoms with Crippen LogP contribution in [-0.4, -0.2) is 119 Å². The third-order valence-corrected chi connectivity index (χ3v) is 13.8. The van der Waals surface area contributed by atoms with E-state index in [0.717, 1.165) is 6.92 Å². The highest BCUT2D eigenvalue weighted by Gasteiger charge is 2.78. The average molecular weight is 898 g/mol. The number of benzene rings is 3. The molecular formula is C48H55N3O14. The molecule has 7 rings (SSSR count). The van der Waals surface area contributed by atoms with Gasteiger partial charge in [0.05, 0.1) is 35.6 Å². The highest BCUT2D eigenvalue weighted by atomic mass is 16.6. The van der Waals surface area contributed by atoms with Gasteiger partial charge in [-0.15, -0.1) is 0 Å². The number of nitrogens with two attached hydrogens (primary N) is 1. The van der Waals surface area contributed by atoms with E-state index in [9.17, 15) is 39.3 Å². The summed E-state index contributed by atoms with van der Waals surface area (Å²) in [6.45, 7) is 6.75. The molecule has 2 amide bonds. The molecule has 1 aliphatic heterocycles. The van der Waals surface area contributed by atoms with E-state index in [1.54, 1.807) is 92.7 Å². The van der Waals surface area contributed by atoms with E-state index in [4.69, 9.17) is 29.4 Å². The minimum absolute atomic E-state index is 0.00999. The lowest BCUT2D eigenvalue weighted by Crippen LogP contribution is -2.82. The van der Waals surface area contributed by atoms with Crippen molar-refractivity contribution in [3.63, 3.8) is 0 Å². The maximum absolute atomic E-state index is 15.7. The monoisotopic (exact) mass is 897 g/mol. The molecule has 2 saturated carbocycles. The number of ether oxygens (including phenoxy) is 5. The number of Topliss-reactive ketones (excluding diaryl/α,β-unsaturated/α-hetero) is 1. The Morgan fingerprint density at radius 1 is 0.892 bits per heavy atom. The highest BCUT2D eigenvalue weighted by molar-refractivity contribution is 5.96. The summed E-state index contributed by atoms with van der Waals surface area (Å²) >= 11 is 0. The maximum Gasteiger partial charge on any atom is 0.408 e. The summed E-state index contributed by atoms with van der Waals surface area (Å²) in [6.07, 6.45) is -11.9. The number of hydrogen-bond acceptors (Lipinski definition) is 15. The Morgan fingerprint density at radius 3 is 2.06 bits per heavy atom. The van der Waals surface area contributed by atoms with Crippen LogP contribution in [0.15, 0.2) is 102 Å². The first-order valence-electron chi connectivity index (χ1n) is 21.5. The number of hydrogen-bond donors (Lipinski definition) is 6. The summed E-state index contributed by atoms with van der Waals surface area (Å²) in [5, 5.41) is 43.0. The van der Waals surface area contributed by atoms with Crippen LogP contribution in [0.3, 0.4) is 0 Å². The Balaban J connectivity index is 1.40. The zero-order valence-electron chi connectivity index (χ0n) is 36.7. The Bertz CT molecular complexity index is 2340. The van der Waals surface area contributed by atoms with Crippen LogP contribution < -0.4 is 16.4 Å². The fraction of sp³-hybridized carbons (Fsp3) is 0.458. The Morgan fingerprint density at radius 2 is 1.49 bits per heavy atom. The Hall–Kier alpha value is -5.98. The van der Waals surface area contributed by atoms with Gasteiger partial charge in [-0.3, -0.25) is 14.4 Å². The molecule has 2 bridgehead atoms. The van der Waals surface area contributed by atoms with Crippen LogP contribution >= 0.6 is 0 Å². The van der Waals surface area contributed by atoms with Crippen LogP contribution in [0.25, 0.3) is 0 Å². The molecular weight excluding hydrogens is 843 g/mol. The molecule has 1 saturated heterocycles. The van der Waals surface area contributed by atoms with Crippen molar-refractivity contribution in [3.05, 3.63) is 119 Å². The van der Waals surface area contributed by atoms with Gasteiger partial charge >= 0.3 is 24.0 Å². The van der Waals surface area contributed by atoms with Crippen molar-refractivity contribution in [1.29, 1.82) is 0 Å². The number of esters is 3. The molecule has 0 spiro atoms. The maximum atomic E-state index is 15.7. The summed E-state index contributed by atoms with van der Waals surface area (Å²) < 4.78 is 30.5. The Kier molecular flexibility index (Phi) is 13.1. The number of carbonyl (C=O) groups is 6. The molecule has 4 aliphatic rings. The second kappa shape index (κ2) is 18.1. The number of alkyl carbamates (subject to hydrolysis) is 1. The van der Waals surface area contributed by atoms with Crippen molar-refractivity contribution < 1.29 is 67.8 Å². The number of aliphatic hydroxyl groups is 3. The first-order chi connectivity index (χ1) is 30.8. The average Bonchev–Trinajstić information content (AvgIpc) is 3.28. The minimum Gasteiger partial charge on any atom is -0.456 e. The molecule has 17 heteroatoms. The second-order valence-electron chi connectivity index (χ2n) is 17.9. The van der Waals surface area contributed by atoms with Crippen LogP contribution in [-0.2, 0) is 38.1 Å². The molecule has 0 radical (unpaired) electrons. The van der Waals surface area contributed by atoms with E-state index in [1.165, 1.54) is 26.0 Å². The second-order valence-corrected chi connectivity index (χ2v) is 17.9. The number of carbonyl (C=O) groups excluding carboxylic acids is 6. The summed E-state index contributed by atoms with van der Waals surface area (Å²) in [7, 11) is 0. The molecule has 11 atom stereocenters. The highest BCUT2D eigenvalue weighted by Crippen LogP contribution is 2.64. The van der Waals surface area contributed by atoms with Crippen molar-refractivity contribution in [2.75, 3.05) is 19.7 Å². The van der Waals surface area contributed by atoms with Crippen molar-refractivity contribution in [1.82, 2.24) is 10.6 Å². The van der Waals surface area contributed by atoms with Crippen molar-refractivity contribution in [3.8, 4) is 0 Å². The molecule has 2 unspecified atom stereocenters. The first kappa shape index (κ1) is 47.0. The predicted octanol–water partition coefficient (Wildman–Crippen LogP) is 2.86. The molecule has 65 heavy (non-hydrogen) atoms. The van der Waals surface area contributed by atoms with E-state index in [-0.39, 0.29) is 48.4 Å². The van der Waals surface area contributed by atoms with Crippen LogP contribution in [0.5, 0.6) is 0 Å². The van der Waals surface area contributed by atoms with Gasteiger partial charge in [-0.05, 0) is 54.8 Å². The molecule has 3 aromatic rings. The lowest BCUT2D eigenvalue weighted by atomic mass is 9.44. The smallest absolute Gasteiger partial charge is 0.408 e. The molecule has 7 N–H and O–H groups in total. The fourth-order valence-electron chi connectivity index (χ4n) is 10.3. The largest absolute Gasteiger partial charge is 0.456 e. The van der Waals surface area contributed by atoms with E-state index in [1.807, 2.05) is 0 Å². The van der Waals surface area contributed by atoms with Crippen LogP contribution in [0.2, 0.25) is 0 Å². The van der Waals surface area contributed by atoms with Crippen LogP contribution in [0.1, 0.15) is 79.8 Å². The van der Waals surface area contributed by atoms with Crippen LogP contribution in [0.4, 0.5) is 4.79 Å². The predicted molar refractivity (Wildman–Crippen MR) is 229 cm³/mol. The van der Waals surface area contributed by atoms with Crippen molar-refractivity contribution in [2.45, 2.75) is 101 Å². The van der Waals surface area contributed by atoms with E-state index < -0.39 is 113 Å². The quantitative estimate of drug-likeness (QED) is 0.0868. The minimum atomic E-state index is -2.44. The van der Waals surface area contributed by atoms with Gasteiger partial charge in [0, 0.05) is 43.8 Å². The lowest BCUT2D eigenvalue weighted by Gasteiger charge is -2.67. The third-order valence-electron chi connectivity index (χ3n) is 13.8. The molecule has 1 heterocycles. The topological polar surface area (TPSA) is 259 Å². The third kappa shape index (κ3) is 8.20. The zero-order chi connectivity index (χ0) is 47.1. The van der Waals surface area contributed by atoms with E-state index in [0.29, 0.717) is 5.56 Å². The lowest BCUT2D eigenvalue weighted by molar-refractivity contribution is -0.345. The van der Waals surface area contributed by atoms with Gasteiger partial charge in [-0.25, -0.2) is 14.4 Å². The molecule has 0 aromatic heterocycles. The number of amides is 2. The van der Waals surface area contributed by atoms with Gasteiger partial charge in [0.15, 0.2) is 23.6 Å². The summed E-state index contributed by atoms with van der Waals surface area (Å²) in [4.78, 5) is 84.6. The standard InChI is InChI=1S/C48H55N3O14/c1-26-31(62-43(58)36(54)35(28-15-9-6-10-16-28)51-41(56)29-17-11-7-12-18-29)24-48(60)40(64-42(57)30-19-13-8-14-20-30)38-46(5,32(53)23-33-47(38,25-61-33)65-27(2)52)39(55)37(34(26)45(48,3)4)63-44(59)50-22-21-49/h6-20,31-33,35-38,40,53-54,60H,21-25,49H2,1-5H3,(H,50,59)(H,51,56)/t31-,32-,33+,35?,36+,37+,38?,40-,46+,47-,48+/m0/s1. The first-order valence-corrected chi connectivity index (χ1v) is 21.5. The fourth-order valence-corrected chi connectivity index (χ4v) is 10.3. The number of rotatable bonds is 12. The van der Waals surface area contributed by atoms with Gasteiger partial charge in [0.25, 0.3) is 5.91 Å². The number of aliphatic hydroxyl groups excluding tert-OH is 2. The van der Waals surface area contributed by atoms with Gasteiger partial charge in [0.2, 0.25) is 0 Å². The molecule has 3 aliphatic carbocycles. The van der Waals surface area contributed by atoms with E-state index in [2.05, 4.69) is 10.6 Å². The number of fused-ring (bicyclic) bond motifs is 5. The van der Waals surface area contributed by atoms with Crippen molar-refractivity contribution >= 4 is 35.7 Å². The summed E-state index contributed by atoms with van der Waals surface area (Å²) in [5.74, 6) is -6.10.